The minimum atomic E-state index is -0.839. The first kappa shape index (κ1) is 15.5. The molecule has 1 rings (SSSR count). The second-order valence-electron chi connectivity index (χ2n) is 3.15. The van der Waals surface area contributed by atoms with Crippen LogP contribution in [0.25, 0.3) is 0 Å². The fourth-order valence-corrected chi connectivity index (χ4v) is 1.27. The van der Waals surface area contributed by atoms with Crippen LogP contribution in [-0.2, 0) is 9.53 Å². The topological polar surface area (TPSA) is 70.8 Å². The maximum atomic E-state index is 11.3. The van der Waals surface area contributed by atoms with Crippen LogP contribution in [0.4, 0.5) is 0 Å². The molecule has 0 saturated heterocycles. The van der Waals surface area contributed by atoms with Gasteiger partial charge in [-0.05, 0) is 17.7 Å². The van der Waals surface area contributed by atoms with Crippen LogP contribution >= 0.6 is 12.4 Å². The van der Waals surface area contributed by atoms with E-state index >= 15 is 0 Å². The number of nitrogens with two attached hydrogens (primary N) is 1. The number of rotatable bonds is 4. The summed E-state index contributed by atoms with van der Waals surface area (Å²) in [6.07, 6.45) is 0. The molecular weight excluding hydrogens is 246 g/mol. The Labute approximate surface area is 106 Å². The van der Waals surface area contributed by atoms with Crippen molar-refractivity contribution in [1.29, 1.82) is 0 Å². The molecule has 0 aromatic heterocycles. The van der Waals surface area contributed by atoms with E-state index in [1.54, 1.807) is 18.2 Å². The molecule has 6 heteroatoms. The maximum Gasteiger partial charge on any atom is 0.327 e. The molecule has 1 aromatic rings. The van der Waals surface area contributed by atoms with E-state index in [0.29, 0.717) is 17.1 Å². The molecule has 0 amide bonds. The monoisotopic (exact) mass is 261 g/mol. The minimum Gasteiger partial charge on any atom is -0.497 e. The van der Waals surface area contributed by atoms with Crippen LogP contribution in [0.15, 0.2) is 18.2 Å². The Morgan fingerprint density at radius 1 is 1.12 bits per heavy atom. The summed E-state index contributed by atoms with van der Waals surface area (Å²) in [6, 6.07) is 4.20. The number of ether oxygens (including phenoxy) is 3. The molecule has 0 fully saturated rings. The lowest BCUT2D eigenvalue weighted by atomic mass is 10.1. The van der Waals surface area contributed by atoms with Crippen LogP contribution in [-0.4, -0.2) is 27.3 Å². The molecule has 0 unspecified atom stereocenters. The highest BCUT2D eigenvalue weighted by Gasteiger charge is 2.17. The lowest BCUT2D eigenvalue weighted by Gasteiger charge is -2.12. The number of benzene rings is 1. The van der Waals surface area contributed by atoms with E-state index < -0.39 is 12.0 Å². The number of hydrogen-bond donors (Lipinski definition) is 1. The average molecular weight is 262 g/mol. The molecule has 0 aliphatic rings. The summed E-state index contributed by atoms with van der Waals surface area (Å²) >= 11 is 0. The summed E-state index contributed by atoms with van der Waals surface area (Å²) in [5, 5.41) is 0. The first-order valence-electron chi connectivity index (χ1n) is 4.68. The Bertz CT molecular complexity index is 361. The molecular formula is C11H16ClNO4. The molecule has 0 bridgehead atoms. The second-order valence-corrected chi connectivity index (χ2v) is 3.15. The van der Waals surface area contributed by atoms with Gasteiger partial charge in [-0.2, -0.15) is 0 Å². The van der Waals surface area contributed by atoms with Gasteiger partial charge in [0, 0.05) is 6.07 Å². The molecule has 0 spiro atoms. The smallest absolute Gasteiger partial charge is 0.327 e. The van der Waals surface area contributed by atoms with E-state index in [-0.39, 0.29) is 12.4 Å². The number of halogens is 1. The highest BCUT2D eigenvalue weighted by Crippen LogP contribution is 2.25. The highest BCUT2D eigenvalue weighted by atomic mass is 35.5. The van der Waals surface area contributed by atoms with Gasteiger partial charge in [0.05, 0.1) is 21.3 Å². The molecule has 1 aromatic carbocycles. The molecule has 0 aliphatic heterocycles. The summed E-state index contributed by atoms with van der Waals surface area (Å²) in [4.78, 5) is 11.3. The van der Waals surface area contributed by atoms with E-state index in [0.717, 1.165) is 0 Å². The predicted molar refractivity (Wildman–Crippen MR) is 65.7 cm³/mol. The van der Waals surface area contributed by atoms with Crippen molar-refractivity contribution < 1.29 is 19.0 Å². The Balaban J connectivity index is 0.00000256. The molecule has 2 N–H and O–H groups in total. The molecule has 0 radical (unpaired) electrons. The first-order chi connectivity index (χ1) is 7.62. The van der Waals surface area contributed by atoms with Gasteiger partial charge in [-0.15, -0.1) is 12.4 Å². The Kier molecular flexibility index (Phi) is 6.38. The van der Waals surface area contributed by atoms with Crippen molar-refractivity contribution in [2.75, 3.05) is 21.3 Å². The summed E-state index contributed by atoms with van der Waals surface area (Å²) in [5.74, 6) is 0.651. The average Bonchev–Trinajstić information content (AvgIpc) is 2.35. The zero-order valence-corrected chi connectivity index (χ0v) is 10.7. The SMILES string of the molecule is COC(=O)[C@@H](N)c1cc(OC)cc(OC)c1.Cl. The second kappa shape index (κ2) is 6.98. The molecule has 0 aliphatic carbocycles. The molecule has 5 nitrogen and oxygen atoms in total. The van der Waals surface area contributed by atoms with Gasteiger partial charge in [-0.3, -0.25) is 4.79 Å². The zero-order valence-electron chi connectivity index (χ0n) is 9.93. The molecule has 1 atom stereocenters. The van der Waals surface area contributed by atoms with E-state index in [2.05, 4.69) is 4.74 Å². The number of hydrogen-bond acceptors (Lipinski definition) is 5. The minimum absolute atomic E-state index is 0. The quantitative estimate of drug-likeness (QED) is 0.827. The van der Waals surface area contributed by atoms with Gasteiger partial charge in [-0.1, -0.05) is 0 Å². The number of carbonyl (C=O) groups is 1. The summed E-state index contributed by atoms with van der Waals surface area (Å²) in [6.45, 7) is 0. The third kappa shape index (κ3) is 3.80. The van der Waals surface area contributed by atoms with E-state index in [4.69, 9.17) is 15.2 Å². The van der Waals surface area contributed by atoms with Crippen LogP contribution in [0.3, 0.4) is 0 Å². The van der Waals surface area contributed by atoms with Crippen LogP contribution < -0.4 is 15.2 Å². The third-order valence-corrected chi connectivity index (χ3v) is 2.19. The predicted octanol–water partition coefficient (Wildman–Crippen LogP) is 1.30. The van der Waals surface area contributed by atoms with Crippen LogP contribution in [0, 0.1) is 0 Å². The fourth-order valence-electron chi connectivity index (χ4n) is 1.27. The lowest BCUT2D eigenvalue weighted by molar-refractivity contribution is -0.142. The fraction of sp³-hybridized carbons (Fsp3) is 0.364. The molecule has 0 saturated carbocycles. The van der Waals surface area contributed by atoms with Gasteiger partial charge < -0.3 is 19.9 Å². The van der Waals surface area contributed by atoms with Crippen LogP contribution in [0.5, 0.6) is 11.5 Å². The van der Waals surface area contributed by atoms with Gasteiger partial charge in [-0.25, -0.2) is 0 Å². The standard InChI is InChI=1S/C11H15NO4.ClH/c1-14-8-4-7(5-9(6-8)15-2)10(12)11(13)16-3;/h4-6,10H,12H2,1-3H3;1H/t10-;/m0./s1. The first-order valence-corrected chi connectivity index (χ1v) is 4.68. The van der Waals surface area contributed by atoms with Crippen molar-refractivity contribution in [3.05, 3.63) is 23.8 Å². The lowest BCUT2D eigenvalue weighted by Crippen LogP contribution is -2.22. The molecule has 96 valence electrons. The van der Waals surface area contributed by atoms with Crippen molar-refractivity contribution in [1.82, 2.24) is 0 Å². The highest BCUT2D eigenvalue weighted by molar-refractivity contribution is 5.85. The molecule has 17 heavy (non-hydrogen) atoms. The Morgan fingerprint density at radius 2 is 1.59 bits per heavy atom. The van der Waals surface area contributed by atoms with Gasteiger partial charge in [0.15, 0.2) is 0 Å². The normalized spacial score (nSPS) is 11.1. The summed E-state index contributed by atoms with van der Waals surface area (Å²) in [7, 11) is 4.35. The van der Waals surface area contributed by atoms with Gasteiger partial charge in [0.25, 0.3) is 0 Å². The summed E-state index contributed by atoms with van der Waals surface area (Å²) in [5.41, 5.74) is 6.30. The molecule has 0 heterocycles. The zero-order chi connectivity index (χ0) is 12.1. The van der Waals surface area contributed by atoms with Crippen LogP contribution in [0.2, 0.25) is 0 Å². The number of methoxy groups -OCH3 is 3. The van der Waals surface area contributed by atoms with E-state index in [1.165, 1.54) is 21.3 Å². The van der Waals surface area contributed by atoms with Crippen LogP contribution in [0.1, 0.15) is 11.6 Å². The van der Waals surface area contributed by atoms with E-state index in [9.17, 15) is 4.79 Å². The largest absolute Gasteiger partial charge is 0.497 e. The van der Waals surface area contributed by atoms with Gasteiger partial charge >= 0.3 is 5.97 Å². The summed E-state index contributed by atoms with van der Waals surface area (Å²) < 4.78 is 14.7. The maximum absolute atomic E-state index is 11.3. The van der Waals surface area contributed by atoms with Gasteiger partial charge in [0.2, 0.25) is 0 Å². The van der Waals surface area contributed by atoms with E-state index in [1.807, 2.05) is 0 Å². The van der Waals surface area contributed by atoms with Crippen molar-refractivity contribution in [2.45, 2.75) is 6.04 Å². The third-order valence-electron chi connectivity index (χ3n) is 2.19. The van der Waals surface area contributed by atoms with Gasteiger partial charge in [0.1, 0.15) is 17.5 Å². The van der Waals surface area contributed by atoms with Crippen molar-refractivity contribution in [3.63, 3.8) is 0 Å². The number of esters is 1. The number of carbonyl (C=O) groups excluding carboxylic acids is 1. The van der Waals surface area contributed by atoms with Crippen molar-refractivity contribution in [3.8, 4) is 11.5 Å². The van der Waals surface area contributed by atoms with Crippen molar-refractivity contribution in [2.24, 2.45) is 5.73 Å². The Hall–Kier alpha value is -1.46. The van der Waals surface area contributed by atoms with Crippen molar-refractivity contribution >= 4 is 18.4 Å². The Morgan fingerprint density at radius 3 is 1.94 bits per heavy atom.